The maximum atomic E-state index is 14.2. The van der Waals surface area contributed by atoms with Crippen LogP contribution in [0.25, 0.3) is 0 Å². The Morgan fingerprint density at radius 2 is 1.74 bits per heavy atom. The van der Waals surface area contributed by atoms with Gasteiger partial charge >= 0.3 is 12.4 Å². The lowest BCUT2D eigenvalue weighted by Gasteiger charge is -2.39. The van der Waals surface area contributed by atoms with Crippen molar-refractivity contribution in [3.05, 3.63) is 68.7 Å². The van der Waals surface area contributed by atoms with Crippen LogP contribution in [-0.4, -0.2) is 35.8 Å². The molecule has 1 unspecified atom stereocenters. The summed E-state index contributed by atoms with van der Waals surface area (Å²) in [6.07, 6.45) is -10.6. The lowest BCUT2D eigenvalue weighted by Crippen LogP contribution is -2.48. The number of hydrogen-bond acceptors (Lipinski definition) is 3. The molecule has 0 aromatic heterocycles. The Morgan fingerprint density at radius 3 is 2.29 bits per heavy atom. The van der Waals surface area contributed by atoms with E-state index in [0.29, 0.717) is 37.2 Å². The van der Waals surface area contributed by atoms with Gasteiger partial charge in [-0.25, -0.2) is 0 Å². The fourth-order valence-electron chi connectivity index (χ4n) is 4.15. The van der Waals surface area contributed by atoms with Crippen LogP contribution in [0, 0.1) is 0 Å². The third-order valence-corrected chi connectivity index (χ3v) is 7.04. The van der Waals surface area contributed by atoms with Crippen molar-refractivity contribution in [2.24, 2.45) is 5.16 Å². The third kappa shape index (κ3) is 4.58. The number of rotatable bonds is 4. The van der Waals surface area contributed by atoms with Crippen LogP contribution in [-0.2, 0) is 21.4 Å². The number of oxime groups is 1. The first kappa shape index (κ1) is 25.6. The van der Waals surface area contributed by atoms with Crippen LogP contribution in [0.2, 0.25) is 10.0 Å². The van der Waals surface area contributed by atoms with Crippen LogP contribution in [0.15, 0.2) is 41.6 Å². The zero-order chi connectivity index (χ0) is 25.8. The molecule has 188 valence electrons. The Labute approximate surface area is 206 Å². The number of halogens is 8. The van der Waals surface area contributed by atoms with Gasteiger partial charge < -0.3 is 9.74 Å². The lowest BCUT2D eigenvalue weighted by molar-refractivity contribution is -0.276. The summed E-state index contributed by atoms with van der Waals surface area (Å²) in [6.45, 7) is 2.90. The highest BCUT2D eigenvalue weighted by atomic mass is 35.5. The standard InChI is InChI=1S/C23H18Cl2F6N2O2/c1-2-19(34)33-10-14(11-33)12-3-5-13(6-4-12)18-9-21(35-32-18,23(29,30)31)15-7-16(22(26,27)28)20(25)17(24)8-15/h3-8,14H,2,9-11H2,1H3. The summed E-state index contributed by atoms with van der Waals surface area (Å²) >= 11 is 11.4. The normalized spacial score (nSPS) is 20.9. The van der Waals surface area contributed by atoms with Crippen molar-refractivity contribution in [2.75, 3.05) is 13.1 Å². The second-order valence-corrected chi connectivity index (χ2v) is 9.20. The maximum Gasteiger partial charge on any atom is 0.435 e. The number of benzene rings is 2. The summed E-state index contributed by atoms with van der Waals surface area (Å²) < 4.78 is 82.8. The Kier molecular flexibility index (Phi) is 6.51. The van der Waals surface area contributed by atoms with Gasteiger partial charge in [0.1, 0.15) is 0 Å². The summed E-state index contributed by atoms with van der Waals surface area (Å²) in [6, 6.07) is 7.61. The largest absolute Gasteiger partial charge is 0.435 e. The van der Waals surface area contributed by atoms with Gasteiger partial charge in [0.05, 0.1) is 21.3 Å². The van der Waals surface area contributed by atoms with Crippen LogP contribution < -0.4 is 0 Å². The number of hydrogen-bond donors (Lipinski definition) is 0. The summed E-state index contributed by atoms with van der Waals surface area (Å²) in [5.41, 5.74) is -4.35. The summed E-state index contributed by atoms with van der Waals surface area (Å²) in [7, 11) is 0. The van der Waals surface area contributed by atoms with Crippen molar-refractivity contribution < 1.29 is 36.0 Å². The highest BCUT2D eigenvalue weighted by Gasteiger charge is 2.63. The molecule has 2 heterocycles. The van der Waals surface area contributed by atoms with Gasteiger partial charge in [0.15, 0.2) is 0 Å². The average Bonchev–Trinajstić information content (AvgIpc) is 3.21. The van der Waals surface area contributed by atoms with Gasteiger partial charge in [-0.15, -0.1) is 0 Å². The van der Waals surface area contributed by atoms with Crippen LogP contribution in [0.3, 0.4) is 0 Å². The topological polar surface area (TPSA) is 41.9 Å². The molecule has 2 aromatic carbocycles. The van der Waals surface area contributed by atoms with E-state index in [1.54, 1.807) is 36.1 Å². The quantitative estimate of drug-likeness (QED) is 0.396. The molecule has 0 N–H and O–H groups in total. The van der Waals surface area contributed by atoms with Crippen molar-refractivity contribution in [1.82, 2.24) is 4.90 Å². The first-order valence-corrected chi connectivity index (χ1v) is 11.3. The van der Waals surface area contributed by atoms with Gasteiger partial charge in [-0.05, 0) is 23.3 Å². The Hall–Kier alpha value is -2.46. The molecule has 2 aliphatic rings. The minimum atomic E-state index is -5.11. The van der Waals surface area contributed by atoms with Gasteiger partial charge in [0, 0.05) is 37.4 Å². The van der Waals surface area contributed by atoms with E-state index in [1.165, 1.54) is 0 Å². The van der Waals surface area contributed by atoms with E-state index in [1.807, 2.05) is 0 Å². The molecule has 1 amide bonds. The van der Waals surface area contributed by atoms with Crippen molar-refractivity contribution in [3.8, 4) is 0 Å². The number of carbonyl (C=O) groups is 1. The van der Waals surface area contributed by atoms with Crippen molar-refractivity contribution >= 4 is 34.8 Å². The Balaban J connectivity index is 1.60. The van der Waals surface area contributed by atoms with Gasteiger partial charge in [-0.3, -0.25) is 4.79 Å². The molecule has 4 rings (SSSR count). The van der Waals surface area contributed by atoms with Gasteiger partial charge in [0.2, 0.25) is 5.91 Å². The van der Waals surface area contributed by atoms with E-state index in [4.69, 9.17) is 28.0 Å². The monoisotopic (exact) mass is 538 g/mol. The molecule has 12 heteroatoms. The molecule has 0 bridgehead atoms. The predicted molar refractivity (Wildman–Crippen MR) is 117 cm³/mol. The second kappa shape index (κ2) is 8.89. The van der Waals surface area contributed by atoms with E-state index >= 15 is 0 Å². The van der Waals surface area contributed by atoms with Crippen LogP contribution in [0.1, 0.15) is 47.9 Å². The van der Waals surface area contributed by atoms with E-state index in [-0.39, 0.29) is 17.5 Å². The summed E-state index contributed by atoms with van der Waals surface area (Å²) in [5.74, 6) is 0.169. The van der Waals surface area contributed by atoms with Crippen molar-refractivity contribution in [1.29, 1.82) is 0 Å². The number of amides is 1. The Bertz CT molecular complexity index is 1170. The first-order chi connectivity index (χ1) is 16.3. The minimum Gasteiger partial charge on any atom is -0.374 e. The van der Waals surface area contributed by atoms with E-state index < -0.39 is 45.5 Å². The number of likely N-dealkylation sites (tertiary alicyclic amines) is 1. The molecule has 0 aliphatic carbocycles. The highest BCUT2D eigenvalue weighted by molar-refractivity contribution is 6.42. The summed E-state index contributed by atoms with van der Waals surface area (Å²) in [5, 5.41) is 2.01. The molecule has 0 spiro atoms. The molecule has 1 fully saturated rings. The minimum absolute atomic E-state index is 0.0507. The number of nitrogens with zero attached hydrogens (tertiary/aromatic N) is 2. The van der Waals surface area contributed by atoms with Gasteiger partial charge in [-0.2, -0.15) is 26.3 Å². The van der Waals surface area contributed by atoms with Crippen molar-refractivity contribution in [2.45, 2.75) is 43.6 Å². The lowest BCUT2D eigenvalue weighted by atomic mass is 9.85. The molecule has 0 radical (unpaired) electrons. The number of carbonyl (C=O) groups excluding carboxylic acids is 1. The van der Waals surface area contributed by atoms with E-state index in [2.05, 4.69) is 5.16 Å². The second-order valence-electron chi connectivity index (χ2n) is 8.42. The summed E-state index contributed by atoms with van der Waals surface area (Å²) in [4.78, 5) is 18.3. The van der Waals surface area contributed by atoms with E-state index in [9.17, 15) is 31.1 Å². The molecule has 1 atom stereocenters. The zero-order valence-electron chi connectivity index (χ0n) is 18.1. The molecular weight excluding hydrogens is 521 g/mol. The van der Waals surface area contributed by atoms with E-state index in [0.717, 1.165) is 5.56 Å². The van der Waals surface area contributed by atoms with Gasteiger partial charge in [-0.1, -0.05) is 59.5 Å². The highest BCUT2D eigenvalue weighted by Crippen LogP contribution is 2.51. The van der Waals surface area contributed by atoms with Crippen LogP contribution in [0.5, 0.6) is 0 Å². The third-order valence-electron chi connectivity index (χ3n) is 6.24. The molecule has 1 saturated heterocycles. The molecule has 0 saturated carbocycles. The zero-order valence-corrected chi connectivity index (χ0v) is 19.6. The first-order valence-electron chi connectivity index (χ1n) is 10.5. The van der Waals surface area contributed by atoms with Gasteiger partial charge in [0.25, 0.3) is 5.60 Å². The maximum absolute atomic E-state index is 14.2. The van der Waals surface area contributed by atoms with Crippen molar-refractivity contribution in [3.63, 3.8) is 0 Å². The molecule has 35 heavy (non-hydrogen) atoms. The molecule has 2 aromatic rings. The fourth-order valence-corrected chi connectivity index (χ4v) is 4.59. The van der Waals surface area contributed by atoms with Crippen LogP contribution >= 0.6 is 23.2 Å². The predicted octanol–water partition coefficient (Wildman–Crippen LogP) is 6.93. The fraction of sp³-hybridized carbons (Fsp3) is 0.391. The van der Waals surface area contributed by atoms with Crippen LogP contribution in [0.4, 0.5) is 26.3 Å². The number of alkyl halides is 6. The molecule has 4 nitrogen and oxygen atoms in total. The average molecular weight is 539 g/mol. The SMILES string of the molecule is CCC(=O)N1CC(c2ccc(C3=NOC(c4cc(Cl)c(Cl)c(C(F)(F)F)c4)(C(F)(F)F)C3)cc2)C1. The Morgan fingerprint density at radius 1 is 1.11 bits per heavy atom. The molecular formula is C23H18Cl2F6N2O2. The smallest absolute Gasteiger partial charge is 0.374 e. The molecule has 2 aliphatic heterocycles.